The third-order valence-electron chi connectivity index (χ3n) is 4.95. The summed E-state index contributed by atoms with van der Waals surface area (Å²) < 4.78 is 18.6. The van der Waals surface area contributed by atoms with Crippen molar-refractivity contribution in [3.63, 3.8) is 0 Å². The third-order valence-corrected chi connectivity index (χ3v) is 4.95. The van der Waals surface area contributed by atoms with Crippen LogP contribution in [0.5, 0.6) is 5.75 Å². The summed E-state index contributed by atoms with van der Waals surface area (Å²) in [5, 5.41) is 16.9. The van der Waals surface area contributed by atoms with Crippen molar-refractivity contribution in [1.82, 2.24) is 5.32 Å². The van der Waals surface area contributed by atoms with E-state index in [-0.39, 0.29) is 23.8 Å². The predicted octanol–water partition coefficient (Wildman–Crippen LogP) is 4.84. The maximum atomic E-state index is 13.4. The quantitative estimate of drug-likeness (QED) is 0.269. The molecule has 0 saturated carbocycles. The topological polar surface area (TPSA) is 93.5 Å². The van der Waals surface area contributed by atoms with Gasteiger partial charge < -0.3 is 15.4 Å². The summed E-state index contributed by atoms with van der Waals surface area (Å²) in [5.74, 6) is 0.224. The molecular formula is C24H24FN3O4. The predicted molar refractivity (Wildman–Crippen MR) is 120 cm³/mol. The zero-order valence-electron chi connectivity index (χ0n) is 17.6. The number of nitrogens with zero attached hydrogens (tertiary/aromatic N) is 1. The molecule has 0 fully saturated rings. The van der Waals surface area contributed by atoms with E-state index < -0.39 is 11.0 Å². The molecule has 166 valence electrons. The lowest BCUT2D eigenvalue weighted by molar-refractivity contribution is -0.384. The number of nitro groups is 1. The van der Waals surface area contributed by atoms with Crippen LogP contribution < -0.4 is 15.4 Å². The molecule has 0 aliphatic rings. The summed E-state index contributed by atoms with van der Waals surface area (Å²) >= 11 is 0. The SMILES string of the molecule is COc1ccc(C(NC(=O)CCCNc2ccc([N+](=O)[O-])cc2)c2ccc(F)cc2)cc1. The van der Waals surface area contributed by atoms with E-state index in [1.165, 1.54) is 24.3 Å². The highest BCUT2D eigenvalue weighted by atomic mass is 19.1. The Morgan fingerprint density at radius 2 is 1.59 bits per heavy atom. The highest BCUT2D eigenvalue weighted by molar-refractivity contribution is 5.77. The van der Waals surface area contributed by atoms with E-state index in [2.05, 4.69) is 10.6 Å². The first-order valence-electron chi connectivity index (χ1n) is 10.1. The third kappa shape index (κ3) is 6.28. The molecular weight excluding hydrogens is 413 g/mol. The van der Waals surface area contributed by atoms with E-state index in [4.69, 9.17) is 4.74 Å². The van der Waals surface area contributed by atoms with Gasteiger partial charge in [0.1, 0.15) is 11.6 Å². The Morgan fingerprint density at radius 1 is 1.00 bits per heavy atom. The summed E-state index contributed by atoms with van der Waals surface area (Å²) in [6.07, 6.45) is 0.857. The average Bonchev–Trinajstić information content (AvgIpc) is 2.81. The first-order chi connectivity index (χ1) is 15.5. The van der Waals surface area contributed by atoms with Crippen LogP contribution in [0.25, 0.3) is 0 Å². The van der Waals surface area contributed by atoms with Crippen molar-refractivity contribution >= 4 is 17.3 Å². The van der Waals surface area contributed by atoms with E-state index in [1.54, 1.807) is 31.4 Å². The molecule has 0 aromatic heterocycles. The van der Waals surface area contributed by atoms with Crippen molar-refractivity contribution in [2.24, 2.45) is 0 Å². The minimum absolute atomic E-state index is 0.0281. The Morgan fingerprint density at radius 3 is 2.16 bits per heavy atom. The fourth-order valence-electron chi connectivity index (χ4n) is 3.23. The molecule has 0 aliphatic heterocycles. The molecule has 0 heterocycles. The summed E-state index contributed by atoms with van der Waals surface area (Å²) in [6.45, 7) is 0.537. The number of amides is 1. The largest absolute Gasteiger partial charge is 0.497 e. The zero-order valence-corrected chi connectivity index (χ0v) is 17.6. The number of methoxy groups -OCH3 is 1. The minimum Gasteiger partial charge on any atom is -0.497 e. The molecule has 0 saturated heterocycles. The van der Waals surface area contributed by atoms with Crippen LogP contribution in [-0.4, -0.2) is 24.5 Å². The molecule has 0 radical (unpaired) electrons. The second-order valence-corrected chi connectivity index (χ2v) is 7.16. The number of nitrogens with one attached hydrogen (secondary N) is 2. The Balaban J connectivity index is 1.58. The lowest BCUT2D eigenvalue weighted by atomic mass is 9.98. The minimum atomic E-state index is -0.450. The Hall–Kier alpha value is -3.94. The van der Waals surface area contributed by atoms with Crippen molar-refractivity contribution in [1.29, 1.82) is 0 Å². The standard InChI is InChI=1S/C24H24FN3O4/c1-32-22-14-6-18(7-15-22)24(17-4-8-19(25)9-5-17)27-23(29)3-2-16-26-20-10-12-21(13-11-20)28(30)31/h4-15,24,26H,2-3,16H2,1H3,(H,27,29). The van der Waals surface area contributed by atoms with Gasteiger partial charge in [-0.15, -0.1) is 0 Å². The van der Waals surface area contributed by atoms with Gasteiger partial charge in [-0.1, -0.05) is 24.3 Å². The molecule has 3 rings (SSSR count). The number of nitro benzene ring substituents is 1. The van der Waals surface area contributed by atoms with Gasteiger partial charge in [-0.2, -0.15) is 0 Å². The molecule has 1 amide bonds. The highest BCUT2D eigenvalue weighted by Gasteiger charge is 2.17. The number of ether oxygens (including phenoxy) is 1. The van der Waals surface area contributed by atoms with E-state index in [9.17, 15) is 19.3 Å². The van der Waals surface area contributed by atoms with Gasteiger partial charge >= 0.3 is 0 Å². The molecule has 0 bridgehead atoms. The van der Waals surface area contributed by atoms with Gasteiger partial charge in [0.05, 0.1) is 18.1 Å². The van der Waals surface area contributed by atoms with Crippen LogP contribution in [0.3, 0.4) is 0 Å². The van der Waals surface area contributed by atoms with Gasteiger partial charge in [0, 0.05) is 30.8 Å². The van der Waals surface area contributed by atoms with Gasteiger partial charge in [0.2, 0.25) is 5.91 Å². The molecule has 7 nitrogen and oxygen atoms in total. The lowest BCUT2D eigenvalue weighted by Gasteiger charge is -2.20. The number of rotatable bonds is 10. The van der Waals surface area contributed by atoms with Crippen molar-refractivity contribution in [3.05, 3.63) is 99.9 Å². The van der Waals surface area contributed by atoms with Crippen LogP contribution in [0, 0.1) is 15.9 Å². The van der Waals surface area contributed by atoms with Gasteiger partial charge in [-0.05, 0) is 53.9 Å². The number of hydrogen-bond donors (Lipinski definition) is 2. The van der Waals surface area contributed by atoms with E-state index in [1.807, 2.05) is 24.3 Å². The van der Waals surface area contributed by atoms with E-state index in [0.717, 1.165) is 16.8 Å². The fourth-order valence-corrected chi connectivity index (χ4v) is 3.23. The molecule has 0 aliphatic carbocycles. The number of non-ortho nitro benzene ring substituents is 1. The summed E-state index contributed by atoms with van der Waals surface area (Å²) in [6, 6.07) is 19.1. The van der Waals surface area contributed by atoms with Crippen molar-refractivity contribution in [3.8, 4) is 5.75 Å². The van der Waals surface area contributed by atoms with E-state index in [0.29, 0.717) is 18.7 Å². The van der Waals surface area contributed by atoms with Gasteiger partial charge in [0.15, 0.2) is 0 Å². The Bertz CT molecular complexity index is 1040. The van der Waals surface area contributed by atoms with Crippen LogP contribution in [0.1, 0.15) is 30.0 Å². The van der Waals surface area contributed by atoms with Crippen LogP contribution in [-0.2, 0) is 4.79 Å². The highest BCUT2D eigenvalue weighted by Crippen LogP contribution is 2.25. The lowest BCUT2D eigenvalue weighted by Crippen LogP contribution is -2.29. The second kappa shape index (κ2) is 10.9. The van der Waals surface area contributed by atoms with Gasteiger partial charge in [0.25, 0.3) is 5.69 Å². The molecule has 1 atom stereocenters. The number of carbonyl (C=O) groups excluding carboxylic acids is 1. The molecule has 0 spiro atoms. The van der Waals surface area contributed by atoms with Crippen LogP contribution >= 0.6 is 0 Å². The van der Waals surface area contributed by atoms with Crippen LogP contribution in [0.15, 0.2) is 72.8 Å². The smallest absolute Gasteiger partial charge is 0.269 e. The van der Waals surface area contributed by atoms with Crippen LogP contribution in [0.4, 0.5) is 15.8 Å². The van der Waals surface area contributed by atoms with Crippen molar-refractivity contribution in [2.45, 2.75) is 18.9 Å². The average molecular weight is 437 g/mol. The normalized spacial score (nSPS) is 11.4. The monoisotopic (exact) mass is 437 g/mol. The van der Waals surface area contributed by atoms with Crippen molar-refractivity contribution < 1.29 is 18.8 Å². The summed E-state index contributed by atoms with van der Waals surface area (Å²) in [5.41, 5.74) is 2.41. The van der Waals surface area contributed by atoms with Gasteiger partial charge in [-0.3, -0.25) is 14.9 Å². The Kier molecular flexibility index (Phi) is 7.75. The molecule has 8 heteroatoms. The molecule has 2 N–H and O–H groups in total. The number of hydrogen-bond acceptors (Lipinski definition) is 5. The number of halogens is 1. The number of benzene rings is 3. The molecule has 32 heavy (non-hydrogen) atoms. The fraction of sp³-hybridized carbons (Fsp3) is 0.208. The van der Waals surface area contributed by atoms with Gasteiger partial charge in [-0.25, -0.2) is 4.39 Å². The van der Waals surface area contributed by atoms with Crippen molar-refractivity contribution in [2.75, 3.05) is 19.0 Å². The Labute approximate surface area is 185 Å². The number of anilines is 1. The number of carbonyl (C=O) groups is 1. The second-order valence-electron chi connectivity index (χ2n) is 7.16. The van der Waals surface area contributed by atoms with E-state index >= 15 is 0 Å². The maximum Gasteiger partial charge on any atom is 0.269 e. The zero-order chi connectivity index (χ0) is 22.9. The van der Waals surface area contributed by atoms with Crippen LogP contribution in [0.2, 0.25) is 0 Å². The first kappa shape index (κ1) is 22.7. The maximum absolute atomic E-state index is 13.4. The molecule has 1 unspecified atom stereocenters. The first-order valence-corrected chi connectivity index (χ1v) is 10.1. The molecule has 3 aromatic rings. The summed E-state index contributed by atoms with van der Waals surface area (Å²) in [4.78, 5) is 22.9. The summed E-state index contributed by atoms with van der Waals surface area (Å²) in [7, 11) is 1.58. The molecule has 3 aromatic carbocycles.